The van der Waals surface area contributed by atoms with Gasteiger partial charge in [0, 0.05) is 11.6 Å². The maximum absolute atomic E-state index is 5.12. The summed E-state index contributed by atoms with van der Waals surface area (Å²) in [5, 5.41) is 0. The van der Waals surface area contributed by atoms with Crippen molar-refractivity contribution in [2.24, 2.45) is 0 Å². The van der Waals surface area contributed by atoms with Gasteiger partial charge < -0.3 is 0 Å². The number of aromatic nitrogens is 2. The van der Waals surface area contributed by atoms with Crippen LogP contribution < -0.4 is 0 Å². The lowest BCUT2D eigenvalue weighted by atomic mass is 9.86. The molecule has 2 nitrogen and oxygen atoms in total. The highest BCUT2D eigenvalue weighted by molar-refractivity contribution is 7.21. The summed E-state index contributed by atoms with van der Waals surface area (Å²) in [5.41, 5.74) is 13.5. The van der Waals surface area contributed by atoms with Crippen LogP contribution in [-0.4, -0.2) is 9.08 Å². The Morgan fingerprint density at radius 2 is 1.68 bits per heavy atom. The summed E-state index contributed by atoms with van der Waals surface area (Å²) in [6.07, 6.45) is 10.1. The fourth-order valence-electron chi connectivity index (χ4n) is 6.29. The number of hydrogen-bond acceptors (Lipinski definition) is 1. The minimum absolute atomic E-state index is 0.295. The molecule has 1 unspecified atom stereocenters. The van der Waals surface area contributed by atoms with Crippen molar-refractivity contribution in [2.75, 3.05) is 0 Å². The van der Waals surface area contributed by atoms with Gasteiger partial charge in [0.15, 0.2) is 0 Å². The lowest BCUT2D eigenvalue weighted by molar-refractivity contribution is 0.436. The quantitative estimate of drug-likeness (QED) is 0.312. The number of fused-ring (bicyclic) bond motifs is 3. The molecule has 5 rings (SSSR count). The Morgan fingerprint density at radius 3 is 2.39 bits per heavy atom. The highest BCUT2D eigenvalue weighted by atomic mass is 31.1. The van der Waals surface area contributed by atoms with Gasteiger partial charge in [0.05, 0.1) is 11.7 Å². The van der Waals surface area contributed by atoms with Gasteiger partial charge in [-0.05, 0) is 78.0 Å². The van der Waals surface area contributed by atoms with E-state index in [1.807, 2.05) is 0 Å². The molecule has 2 aliphatic carbocycles. The fraction of sp³-hybridized carbons (Fsp3) is 0.500. The Kier molecular flexibility index (Phi) is 5.78. The van der Waals surface area contributed by atoms with Crippen LogP contribution in [0, 0.1) is 6.92 Å². The Balaban J connectivity index is 1.72. The molecule has 0 saturated heterocycles. The molecule has 0 bridgehead atoms. The molecule has 3 aromatic rings. The van der Waals surface area contributed by atoms with Gasteiger partial charge in [-0.2, -0.15) is 0 Å². The van der Waals surface area contributed by atoms with Crippen LogP contribution in [0.1, 0.15) is 104 Å². The summed E-state index contributed by atoms with van der Waals surface area (Å²) < 4.78 is 7.72. The molecule has 1 aromatic heterocycles. The first-order valence-corrected chi connectivity index (χ1v) is 13.2. The third kappa shape index (κ3) is 3.30. The molecule has 0 aliphatic heterocycles. The normalized spacial score (nSPS) is 18.5. The maximum Gasteiger partial charge on any atom is 0.133 e. The molecule has 0 radical (unpaired) electrons. The first-order chi connectivity index (χ1) is 15.2. The average Bonchev–Trinajstić information content (AvgIpc) is 3.35. The van der Waals surface area contributed by atoms with Crippen LogP contribution in [0.2, 0.25) is 0 Å². The minimum atomic E-state index is 0.295. The van der Waals surface area contributed by atoms with Crippen LogP contribution in [0.5, 0.6) is 0 Å². The van der Waals surface area contributed by atoms with Crippen molar-refractivity contribution in [3.05, 3.63) is 69.5 Å². The van der Waals surface area contributed by atoms with Gasteiger partial charge in [0.1, 0.15) is 8.51 Å². The number of hydrogen-bond donors (Lipinski definition) is 0. The van der Waals surface area contributed by atoms with E-state index >= 15 is 0 Å². The molecule has 3 heteroatoms. The number of rotatable bonds is 5. The third-order valence-electron chi connectivity index (χ3n) is 7.79. The standard InChI is InChI=1S/C28H35N2P/c1-5-19-17-25-23-15-11-12-16-24(23)28(26(25)22(7-3)21(19)6-2)30-18(4)27(29-31-30)20-13-9-8-10-14-20/h11-12,15-17,20,28H,5-10,13-14H2,1-4H3. The SMILES string of the molecule is CCc1cc2c(c(CC)c1CC)C(n1pnc(C3CCCCC3)c1C)c1ccccc1-2. The Labute approximate surface area is 189 Å². The van der Waals surface area contributed by atoms with E-state index < -0.39 is 0 Å². The van der Waals surface area contributed by atoms with Crippen molar-refractivity contribution < 1.29 is 0 Å². The Bertz CT molecular complexity index is 1100. The van der Waals surface area contributed by atoms with Gasteiger partial charge in [-0.3, -0.25) is 4.33 Å². The summed E-state index contributed by atoms with van der Waals surface area (Å²) in [5.74, 6) is 0.668. The zero-order valence-corrected chi connectivity index (χ0v) is 20.4. The Morgan fingerprint density at radius 1 is 0.935 bits per heavy atom. The molecule has 2 aromatic carbocycles. The summed E-state index contributed by atoms with van der Waals surface area (Å²) in [7, 11) is 1.11. The van der Waals surface area contributed by atoms with Crippen LogP contribution in [0.4, 0.5) is 0 Å². The predicted molar refractivity (Wildman–Crippen MR) is 133 cm³/mol. The molecular weight excluding hydrogens is 395 g/mol. The molecule has 0 spiro atoms. The van der Waals surface area contributed by atoms with Crippen molar-refractivity contribution in [1.29, 1.82) is 0 Å². The van der Waals surface area contributed by atoms with Crippen molar-refractivity contribution >= 4 is 8.51 Å². The average molecular weight is 431 g/mol. The van der Waals surface area contributed by atoms with Crippen LogP contribution in [0.15, 0.2) is 30.3 Å². The summed E-state index contributed by atoms with van der Waals surface area (Å²) in [4.78, 5) is 0. The summed E-state index contributed by atoms with van der Waals surface area (Å²) in [6, 6.07) is 11.9. The summed E-state index contributed by atoms with van der Waals surface area (Å²) >= 11 is 0. The fourth-order valence-corrected chi connectivity index (χ4v) is 7.38. The van der Waals surface area contributed by atoms with E-state index in [1.165, 1.54) is 65.7 Å². The van der Waals surface area contributed by atoms with E-state index in [9.17, 15) is 0 Å². The van der Waals surface area contributed by atoms with Crippen molar-refractivity contribution in [3.63, 3.8) is 0 Å². The second kappa shape index (κ2) is 8.55. The number of benzene rings is 2. The van der Waals surface area contributed by atoms with Gasteiger partial charge in [-0.1, -0.05) is 70.4 Å². The molecule has 1 fully saturated rings. The van der Waals surface area contributed by atoms with Gasteiger partial charge in [-0.15, -0.1) is 0 Å². The highest BCUT2D eigenvalue weighted by Crippen LogP contribution is 2.51. The molecule has 1 saturated carbocycles. The zero-order valence-electron chi connectivity index (χ0n) is 19.5. The molecule has 162 valence electrons. The monoisotopic (exact) mass is 430 g/mol. The molecule has 2 aliphatic rings. The molecular formula is C28H35N2P. The van der Waals surface area contributed by atoms with E-state index in [4.69, 9.17) is 4.75 Å². The zero-order chi connectivity index (χ0) is 21.5. The number of nitrogens with zero attached hydrogens (tertiary/aromatic N) is 2. The van der Waals surface area contributed by atoms with Gasteiger partial charge in [0.2, 0.25) is 0 Å². The third-order valence-corrected chi connectivity index (χ3v) is 8.82. The van der Waals surface area contributed by atoms with E-state index in [-0.39, 0.29) is 0 Å². The van der Waals surface area contributed by atoms with Crippen molar-refractivity contribution in [1.82, 2.24) is 9.08 Å². The second-order valence-corrected chi connectivity index (χ2v) is 10.2. The van der Waals surface area contributed by atoms with Crippen LogP contribution >= 0.6 is 8.51 Å². The molecule has 0 amide bonds. The van der Waals surface area contributed by atoms with Gasteiger partial charge in [0.25, 0.3) is 0 Å². The van der Waals surface area contributed by atoms with Crippen molar-refractivity contribution in [3.8, 4) is 11.1 Å². The largest absolute Gasteiger partial charge is 0.299 e. The molecule has 1 atom stereocenters. The van der Waals surface area contributed by atoms with E-state index in [0.29, 0.717) is 12.0 Å². The van der Waals surface area contributed by atoms with E-state index in [0.717, 1.165) is 27.8 Å². The van der Waals surface area contributed by atoms with Gasteiger partial charge >= 0.3 is 0 Å². The van der Waals surface area contributed by atoms with Crippen LogP contribution in [-0.2, 0) is 19.3 Å². The highest BCUT2D eigenvalue weighted by Gasteiger charge is 2.35. The van der Waals surface area contributed by atoms with Crippen LogP contribution in [0.3, 0.4) is 0 Å². The van der Waals surface area contributed by atoms with Gasteiger partial charge in [-0.25, -0.2) is 4.75 Å². The molecule has 31 heavy (non-hydrogen) atoms. The lowest BCUT2D eigenvalue weighted by Gasteiger charge is -2.24. The predicted octanol–water partition coefficient (Wildman–Crippen LogP) is 8.12. The summed E-state index contributed by atoms with van der Waals surface area (Å²) in [6.45, 7) is 9.31. The second-order valence-electron chi connectivity index (χ2n) is 9.34. The Hall–Kier alpha value is -1.92. The van der Waals surface area contributed by atoms with Crippen molar-refractivity contribution in [2.45, 2.75) is 91.0 Å². The minimum Gasteiger partial charge on any atom is -0.299 e. The van der Waals surface area contributed by atoms with E-state index in [1.54, 1.807) is 16.7 Å². The maximum atomic E-state index is 5.12. The lowest BCUT2D eigenvalue weighted by Crippen LogP contribution is -2.14. The van der Waals surface area contributed by atoms with E-state index in [2.05, 4.69) is 62.4 Å². The van der Waals surface area contributed by atoms with Crippen LogP contribution in [0.25, 0.3) is 11.1 Å². The topological polar surface area (TPSA) is 17.8 Å². The smallest absolute Gasteiger partial charge is 0.133 e. The first-order valence-electron chi connectivity index (χ1n) is 12.4. The molecule has 1 heterocycles. The molecule has 0 N–H and O–H groups in total. The number of aryl methyl sites for hydroxylation is 1. The first kappa shape index (κ1) is 21.0.